The molecule has 0 aromatic carbocycles. The van der Waals surface area contributed by atoms with Crippen molar-refractivity contribution < 1.29 is 27.5 Å². The number of ether oxygens (including phenoxy) is 1. The Balaban J connectivity index is 2.31. The lowest BCUT2D eigenvalue weighted by molar-refractivity contribution is -0.142. The maximum absolute atomic E-state index is 13.1. The van der Waals surface area contributed by atoms with Crippen molar-refractivity contribution >= 4 is 33.5 Å². The number of hydrogen-bond donors (Lipinski definition) is 1. The standard InChI is InChI=1S/C17H21BrF3N5O3/c1-6-25-7-11(13(23-25)16(28)29-8(2)3)22-15(27)10(5)26-9(4)12(18)14(24-26)17(19,20)21/h7-8,10H,6H2,1-5H3,(H,22,27)/t10-/m0/s1. The predicted molar refractivity (Wildman–Crippen MR) is 101 cm³/mol. The zero-order valence-electron chi connectivity index (χ0n) is 16.5. The first-order valence-corrected chi connectivity index (χ1v) is 9.57. The monoisotopic (exact) mass is 479 g/mol. The fraction of sp³-hybridized carbons (Fsp3) is 0.529. The molecular weight excluding hydrogens is 459 g/mol. The van der Waals surface area contributed by atoms with E-state index in [1.54, 1.807) is 20.8 Å². The molecule has 0 spiro atoms. The van der Waals surface area contributed by atoms with Crippen LogP contribution in [0.4, 0.5) is 18.9 Å². The van der Waals surface area contributed by atoms with Crippen molar-refractivity contribution in [3.8, 4) is 0 Å². The van der Waals surface area contributed by atoms with Gasteiger partial charge >= 0.3 is 12.1 Å². The Morgan fingerprint density at radius 2 is 1.90 bits per heavy atom. The number of aryl methyl sites for hydroxylation is 1. The highest BCUT2D eigenvalue weighted by Crippen LogP contribution is 2.36. The molecule has 0 radical (unpaired) electrons. The molecule has 12 heteroatoms. The minimum absolute atomic E-state index is 0.0875. The Bertz CT molecular complexity index is 920. The van der Waals surface area contributed by atoms with Crippen LogP contribution in [0.15, 0.2) is 10.7 Å². The molecule has 0 saturated carbocycles. The molecule has 160 valence electrons. The number of esters is 1. The van der Waals surface area contributed by atoms with Gasteiger partial charge in [-0.05, 0) is 50.5 Å². The molecule has 0 saturated heterocycles. The third-order valence-corrected chi connectivity index (χ3v) is 4.92. The van der Waals surface area contributed by atoms with E-state index in [4.69, 9.17) is 4.74 Å². The third kappa shape index (κ3) is 4.98. The molecule has 2 heterocycles. The molecule has 0 aliphatic heterocycles. The van der Waals surface area contributed by atoms with Gasteiger partial charge in [0.05, 0.1) is 22.0 Å². The SMILES string of the molecule is CCn1cc(NC(=O)[C@H](C)n2nc(C(F)(F)F)c(Br)c2C)c(C(=O)OC(C)C)n1. The van der Waals surface area contributed by atoms with Gasteiger partial charge in [-0.15, -0.1) is 0 Å². The molecule has 0 aliphatic rings. The van der Waals surface area contributed by atoms with Crippen molar-refractivity contribution in [2.24, 2.45) is 0 Å². The maximum atomic E-state index is 13.1. The number of nitrogens with zero attached hydrogens (tertiary/aromatic N) is 4. The molecule has 1 amide bonds. The smallest absolute Gasteiger partial charge is 0.436 e. The molecule has 0 bridgehead atoms. The van der Waals surface area contributed by atoms with Gasteiger partial charge in [-0.1, -0.05) is 0 Å². The van der Waals surface area contributed by atoms with Crippen LogP contribution in [0.25, 0.3) is 0 Å². The minimum atomic E-state index is -4.67. The Hall–Kier alpha value is -2.37. The van der Waals surface area contributed by atoms with E-state index in [9.17, 15) is 22.8 Å². The van der Waals surface area contributed by atoms with E-state index in [1.807, 2.05) is 0 Å². The van der Waals surface area contributed by atoms with E-state index in [0.717, 1.165) is 4.68 Å². The van der Waals surface area contributed by atoms with Crippen LogP contribution in [0.1, 0.15) is 55.6 Å². The number of carbonyl (C=O) groups is 2. The Labute approximate surface area is 173 Å². The van der Waals surface area contributed by atoms with E-state index >= 15 is 0 Å². The number of nitrogens with one attached hydrogen (secondary N) is 1. The van der Waals surface area contributed by atoms with Gasteiger partial charge in [-0.25, -0.2) is 4.79 Å². The van der Waals surface area contributed by atoms with E-state index in [-0.39, 0.29) is 27.7 Å². The van der Waals surface area contributed by atoms with Crippen LogP contribution < -0.4 is 5.32 Å². The van der Waals surface area contributed by atoms with Crippen molar-refractivity contribution in [1.29, 1.82) is 0 Å². The number of halogens is 4. The van der Waals surface area contributed by atoms with E-state index in [2.05, 4.69) is 31.4 Å². The molecule has 0 unspecified atom stereocenters. The van der Waals surface area contributed by atoms with E-state index in [0.29, 0.717) is 6.54 Å². The summed E-state index contributed by atoms with van der Waals surface area (Å²) in [5.41, 5.74) is -0.956. The topological polar surface area (TPSA) is 91.0 Å². The van der Waals surface area contributed by atoms with Gasteiger partial charge in [-0.3, -0.25) is 14.2 Å². The third-order valence-electron chi connectivity index (χ3n) is 3.97. The Morgan fingerprint density at radius 3 is 2.38 bits per heavy atom. The van der Waals surface area contributed by atoms with Crippen LogP contribution >= 0.6 is 15.9 Å². The number of alkyl halides is 3. The van der Waals surface area contributed by atoms with Crippen LogP contribution in [0.3, 0.4) is 0 Å². The number of rotatable bonds is 6. The number of carbonyl (C=O) groups excluding carboxylic acids is 2. The maximum Gasteiger partial charge on any atom is 0.436 e. The van der Waals surface area contributed by atoms with Gasteiger partial charge in [0.25, 0.3) is 0 Å². The van der Waals surface area contributed by atoms with Crippen LogP contribution in [-0.4, -0.2) is 37.5 Å². The molecule has 0 fully saturated rings. The zero-order chi connectivity index (χ0) is 22.1. The number of amides is 1. The molecule has 2 aromatic rings. The van der Waals surface area contributed by atoms with Crippen molar-refractivity contribution in [1.82, 2.24) is 19.6 Å². The van der Waals surface area contributed by atoms with E-state index < -0.39 is 29.8 Å². The van der Waals surface area contributed by atoms with Gasteiger partial charge in [0.1, 0.15) is 6.04 Å². The summed E-state index contributed by atoms with van der Waals surface area (Å²) in [4.78, 5) is 24.9. The highest BCUT2D eigenvalue weighted by molar-refractivity contribution is 9.10. The molecular formula is C17H21BrF3N5O3. The fourth-order valence-corrected chi connectivity index (χ4v) is 2.99. The second-order valence-corrected chi connectivity index (χ2v) is 7.35. The lowest BCUT2D eigenvalue weighted by atomic mass is 10.2. The van der Waals surface area contributed by atoms with Crippen LogP contribution in [0.2, 0.25) is 0 Å². The lowest BCUT2D eigenvalue weighted by Gasteiger charge is -2.14. The summed E-state index contributed by atoms with van der Waals surface area (Å²) in [5, 5.41) is 10.1. The van der Waals surface area contributed by atoms with Gasteiger partial charge in [0, 0.05) is 12.7 Å². The van der Waals surface area contributed by atoms with Crippen LogP contribution in [-0.2, 0) is 22.3 Å². The van der Waals surface area contributed by atoms with Gasteiger partial charge in [-0.2, -0.15) is 23.4 Å². The fourth-order valence-electron chi connectivity index (χ4n) is 2.50. The number of aromatic nitrogens is 4. The van der Waals surface area contributed by atoms with E-state index in [1.165, 1.54) is 24.7 Å². The second-order valence-electron chi connectivity index (χ2n) is 6.56. The first kappa shape index (κ1) is 22.9. The van der Waals surface area contributed by atoms with Crippen LogP contribution in [0.5, 0.6) is 0 Å². The first-order valence-electron chi connectivity index (χ1n) is 8.77. The highest BCUT2D eigenvalue weighted by atomic mass is 79.9. The molecule has 1 N–H and O–H groups in total. The summed E-state index contributed by atoms with van der Waals surface area (Å²) in [6, 6.07) is -1.08. The normalized spacial score (nSPS) is 12.9. The average Bonchev–Trinajstić information content (AvgIpc) is 3.15. The molecule has 8 nitrogen and oxygen atoms in total. The summed E-state index contributed by atoms with van der Waals surface area (Å²) in [6.07, 6.45) is -3.60. The Kier molecular flexibility index (Phi) is 6.76. The molecule has 0 aliphatic carbocycles. The molecule has 29 heavy (non-hydrogen) atoms. The summed E-state index contributed by atoms with van der Waals surface area (Å²) in [6.45, 7) is 8.39. The minimum Gasteiger partial charge on any atom is -0.458 e. The summed E-state index contributed by atoms with van der Waals surface area (Å²) >= 11 is 2.88. The van der Waals surface area contributed by atoms with Crippen molar-refractivity contribution in [3.05, 3.63) is 27.8 Å². The zero-order valence-corrected chi connectivity index (χ0v) is 18.1. The predicted octanol–water partition coefficient (Wildman–Crippen LogP) is 3.95. The summed E-state index contributed by atoms with van der Waals surface area (Å²) in [7, 11) is 0. The van der Waals surface area contributed by atoms with Gasteiger partial charge < -0.3 is 10.1 Å². The lowest BCUT2D eigenvalue weighted by Crippen LogP contribution is -2.26. The Morgan fingerprint density at radius 1 is 1.28 bits per heavy atom. The number of anilines is 1. The first-order chi connectivity index (χ1) is 13.4. The van der Waals surface area contributed by atoms with Crippen molar-refractivity contribution in [3.63, 3.8) is 0 Å². The largest absolute Gasteiger partial charge is 0.458 e. The summed E-state index contributed by atoms with van der Waals surface area (Å²) < 4.78 is 46.5. The average molecular weight is 480 g/mol. The van der Waals surface area contributed by atoms with Crippen LogP contribution in [0, 0.1) is 6.92 Å². The quantitative estimate of drug-likeness (QED) is 0.633. The molecule has 1 atom stereocenters. The highest BCUT2D eigenvalue weighted by Gasteiger charge is 2.39. The van der Waals surface area contributed by atoms with Gasteiger partial charge in [0.15, 0.2) is 11.4 Å². The molecule has 2 rings (SSSR count). The summed E-state index contributed by atoms with van der Waals surface area (Å²) in [5.74, 6) is -1.38. The molecule has 2 aromatic heterocycles. The number of hydrogen-bond acceptors (Lipinski definition) is 5. The van der Waals surface area contributed by atoms with Crippen molar-refractivity contribution in [2.75, 3.05) is 5.32 Å². The van der Waals surface area contributed by atoms with Crippen molar-refractivity contribution in [2.45, 2.75) is 59.5 Å². The van der Waals surface area contributed by atoms with Gasteiger partial charge in [0.2, 0.25) is 5.91 Å². The second kappa shape index (κ2) is 8.56.